The highest BCUT2D eigenvalue weighted by Crippen LogP contribution is 2.66. The van der Waals surface area contributed by atoms with E-state index in [1.807, 2.05) is 27.7 Å². The summed E-state index contributed by atoms with van der Waals surface area (Å²) in [5, 5.41) is 10.9. The Labute approximate surface area is 241 Å². The summed E-state index contributed by atoms with van der Waals surface area (Å²) >= 11 is 6.54. The van der Waals surface area contributed by atoms with E-state index in [9.17, 15) is 19.5 Å². The van der Waals surface area contributed by atoms with Crippen molar-refractivity contribution in [1.29, 1.82) is 0 Å². The van der Waals surface area contributed by atoms with Gasteiger partial charge in [-0.3, -0.25) is 14.4 Å². The number of carbonyl (C=O) groups is 3. The van der Waals surface area contributed by atoms with Crippen LogP contribution in [0.15, 0.2) is 49.6 Å². The summed E-state index contributed by atoms with van der Waals surface area (Å²) in [4.78, 5) is 45.8. The van der Waals surface area contributed by atoms with Gasteiger partial charge in [-0.05, 0) is 43.7 Å². The molecule has 3 aliphatic rings. The summed E-state index contributed by atoms with van der Waals surface area (Å²) in [5.41, 5.74) is -1.78. The van der Waals surface area contributed by atoms with Crippen molar-refractivity contribution in [2.75, 3.05) is 24.7 Å². The van der Waals surface area contributed by atoms with Crippen LogP contribution >= 0.6 is 11.6 Å². The number of aliphatic hydroxyl groups excluding tert-OH is 1. The van der Waals surface area contributed by atoms with Crippen molar-refractivity contribution >= 4 is 35.1 Å². The molecule has 3 unspecified atom stereocenters. The average Bonchev–Trinajstić information content (AvgIpc) is 3.44. The molecule has 2 bridgehead atoms. The number of nitrogens with zero attached hydrogens (tertiary/aromatic N) is 2. The van der Waals surface area contributed by atoms with Crippen LogP contribution in [0.25, 0.3) is 0 Å². The molecule has 40 heavy (non-hydrogen) atoms. The maximum absolute atomic E-state index is 14.7. The van der Waals surface area contributed by atoms with Crippen LogP contribution in [0.5, 0.6) is 0 Å². The number of hydrogen-bond acceptors (Lipinski definition) is 6. The molecule has 4 rings (SSSR count). The Balaban J connectivity index is 1.88. The van der Waals surface area contributed by atoms with E-state index in [4.69, 9.17) is 21.1 Å². The molecule has 3 heterocycles. The largest absolute Gasteiger partial charge is 0.465 e. The van der Waals surface area contributed by atoms with Crippen molar-refractivity contribution in [1.82, 2.24) is 4.90 Å². The first kappa shape index (κ1) is 30.3. The van der Waals surface area contributed by atoms with Crippen LogP contribution in [-0.4, -0.2) is 70.8 Å². The summed E-state index contributed by atoms with van der Waals surface area (Å²) in [6.07, 6.45) is 4.83. The third-order valence-corrected chi connectivity index (χ3v) is 9.69. The van der Waals surface area contributed by atoms with Gasteiger partial charge in [0.05, 0.1) is 41.5 Å². The lowest BCUT2D eigenvalue weighted by Crippen LogP contribution is -2.60. The van der Waals surface area contributed by atoms with Crippen LogP contribution in [-0.2, 0) is 23.9 Å². The summed E-state index contributed by atoms with van der Waals surface area (Å²) < 4.78 is 12.4. The number of likely N-dealkylation sites (tertiary alicyclic amines) is 1. The Morgan fingerprint density at radius 2 is 2.02 bits per heavy atom. The quantitative estimate of drug-likeness (QED) is 0.227. The maximum Gasteiger partial charge on any atom is 0.312 e. The van der Waals surface area contributed by atoms with Crippen LogP contribution in [0.4, 0.5) is 5.69 Å². The highest BCUT2D eigenvalue weighted by molar-refractivity contribution is 6.34. The molecule has 218 valence electrons. The van der Waals surface area contributed by atoms with Crippen LogP contribution < -0.4 is 4.90 Å². The molecule has 3 saturated heterocycles. The van der Waals surface area contributed by atoms with Gasteiger partial charge in [-0.15, -0.1) is 13.2 Å². The molecule has 8 nitrogen and oxygen atoms in total. The van der Waals surface area contributed by atoms with Gasteiger partial charge >= 0.3 is 5.97 Å². The number of esters is 1. The Bertz CT molecular complexity index is 1170. The van der Waals surface area contributed by atoms with Gasteiger partial charge in [0.25, 0.3) is 5.91 Å². The number of carbonyl (C=O) groups excluding carboxylic acids is 3. The molecule has 0 saturated carbocycles. The zero-order chi connectivity index (χ0) is 29.4. The lowest BCUT2D eigenvalue weighted by molar-refractivity contribution is -0.162. The average molecular weight is 573 g/mol. The van der Waals surface area contributed by atoms with Crippen molar-refractivity contribution in [2.24, 2.45) is 23.7 Å². The molecule has 2 amide bonds. The number of rotatable bonds is 12. The second-order valence-corrected chi connectivity index (χ2v) is 11.9. The Morgan fingerprint density at radius 3 is 2.62 bits per heavy atom. The fourth-order valence-corrected chi connectivity index (χ4v) is 7.31. The lowest BCUT2D eigenvalue weighted by Gasteiger charge is -2.41. The summed E-state index contributed by atoms with van der Waals surface area (Å²) in [6, 6.07) is 5.28. The van der Waals surface area contributed by atoms with Crippen LogP contribution in [0.3, 0.4) is 0 Å². The normalized spacial score (nSPS) is 31.9. The molecule has 0 radical (unpaired) electrons. The van der Waals surface area contributed by atoms with Crippen LogP contribution in [0, 0.1) is 23.7 Å². The molecule has 0 aliphatic carbocycles. The van der Waals surface area contributed by atoms with Crippen LogP contribution in [0.1, 0.15) is 47.0 Å². The molecule has 1 aromatic carbocycles. The Hall–Kier alpha value is -2.68. The van der Waals surface area contributed by atoms with E-state index in [1.165, 1.54) is 9.80 Å². The van der Waals surface area contributed by atoms with Gasteiger partial charge < -0.3 is 24.4 Å². The molecule has 1 N–H and O–H groups in total. The minimum Gasteiger partial charge on any atom is -0.465 e. The zero-order valence-electron chi connectivity index (χ0n) is 23.8. The van der Waals surface area contributed by atoms with Crippen LogP contribution in [0.2, 0.25) is 5.02 Å². The predicted octanol–water partition coefficient (Wildman–Crippen LogP) is 4.40. The van der Waals surface area contributed by atoms with Gasteiger partial charge in [0.1, 0.15) is 17.6 Å². The van der Waals surface area contributed by atoms with E-state index < -0.39 is 41.1 Å². The van der Waals surface area contributed by atoms with Crippen molar-refractivity contribution < 1.29 is 29.0 Å². The number of anilines is 1. The lowest BCUT2D eigenvalue weighted by atomic mass is 9.62. The Kier molecular flexibility index (Phi) is 8.83. The highest BCUT2D eigenvalue weighted by atomic mass is 35.5. The number of benzene rings is 1. The first-order valence-electron chi connectivity index (χ1n) is 14.1. The third kappa shape index (κ3) is 4.58. The number of halogens is 1. The summed E-state index contributed by atoms with van der Waals surface area (Å²) in [6.45, 7) is 15.2. The van der Waals surface area contributed by atoms with E-state index in [0.717, 1.165) is 0 Å². The first-order chi connectivity index (χ1) is 19.0. The first-order valence-corrected chi connectivity index (χ1v) is 14.5. The van der Waals surface area contributed by atoms with E-state index in [2.05, 4.69) is 13.2 Å². The minimum atomic E-state index is -1.27. The smallest absolute Gasteiger partial charge is 0.312 e. The van der Waals surface area contributed by atoms with Crippen molar-refractivity contribution in [3.8, 4) is 0 Å². The second-order valence-electron chi connectivity index (χ2n) is 11.5. The number of ether oxygens (including phenoxy) is 2. The van der Waals surface area contributed by atoms with Gasteiger partial charge in [-0.2, -0.15) is 0 Å². The molecule has 3 fully saturated rings. The topological polar surface area (TPSA) is 96.4 Å². The van der Waals surface area contributed by atoms with Crippen molar-refractivity contribution in [3.63, 3.8) is 0 Å². The standard InChI is InChI=1S/C31H41ClN2O6/c1-7-10-16-39-29(38)25-24-27(36)34(23(18-35)19(4)9-3)26(31(24)17-20(5)30(25,6)40-31)28(37)33(15-8-2)22-14-12-11-13-21(22)32/h7-8,11-14,19-20,23-26,35H,1-2,9-10,15-18H2,3-6H3/t19-,20?,23-,24-,25-,26?,30+,31?/m0/s1. The minimum absolute atomic E-state index is 0.115. The number of amides is 2. The molecule has 1 spiro atoms. The van der Waals surface area contributed by atoms with Gasteiger partial charge in [-0.25, -0.2) is 0 Å². The SMILES string of the molecule is C=CCCOC(=O)[C@@H]1[C@H]2C(=O)N([C@@H](CO)[C@@H](C)CC)C(C(=O)N(CC=C)c3ccccc3Cl)C23CC(C)[C@@]1(C)O3. The molecular formula is C31H41ClN2O6. The molecule has 0 aromatic heterocycles. The molecule has 3 aliphatic heterocycles. The van der Waals surface area contributed by atoms with Gasteiger partial charge in [0.2, 0.25) is 5.91 Å². The van der Waals surface area contributed by atoms with E-state index in [-0.39, 0.29) is 43.4 Å². The fraction of sp³-hybridized carbons (Fsp3) is 0.581. The monoisotopic (exact) mass is 572 g/mol. The number of fused-ring (bicyclic) bond motifs is 1. The van der Waals surface area contributed by atoms with Crippen molar-refractivity contribution in [2.45, 2.75) is 70.2 Å². The zero-order valence-corrected chi connectivity index (χ0v) is 24.6. The predicted molar refractivity (Wildman–Crippen MR) is 154 cm³/mol. The van der Waals surface area contributed by atoms with Crippen molar-refractivity contribution in [3.05, 3.63) is 54.6 Å². The molecule has 9 heteroatoms. The third-order valence-electron chi connectivity index (χ3n) is 9.37. The molecule has 8 atom stereocenters. The van der Waals surface area contributed by atoms with Gasteiger partial charge in [-0.1, -0.05) is 63.1 Å². The van der Waals surface area contributed by atoms with Gasteiger partial charge in [0, 0.05) is 6.54 Å². The number of para-hydroxylation sites is 1. The summed E-state index contributed by atoms with van der Waals surface area (Å²) in [5.74, 6) is -3.32. The Morgan fingerprint density at radius 1 is 1.32 bits per heavy atom. The second kappa shape index (κ2) is 11.7. The fourth-order valence-electron chi connectivity index (χ4n) is 7.07. The molecular weight excluding hydrogens is 532 g/mol. The van der Waals surface area contributed by atoms with E-state index in [0.29, 0.717) is 30.0 Å². The van der Waals surface area contributed by atoms with E-state index in [1.54, 1.807) is 36.4 Å². The summed E-state index contributed by atoms with van der Waals surface area (Å²) in [7, 11) is 0. The van der Waals surface area contributed by atoms with Gasteiger partial charge in [0.15, 0.2) is 0 Å². The highest BCUT2D eigenvalue weighted by Gasteiger charge is 2.81. The number of hydrogen-bond donors (Lipinski definition) is 1. The van der Waals surface area contributed by atoms with E-state index >= 15 is 0 Å². The molecule has 1 aromatic rings. The number of aliphatic hydroxyl groups is 1. The maximum atomic E-state index is 14.7.